The van der Waals surface area contributed by atoms with Crippen molar-refractivity contribution in [2.75, 3.05) is 13.7 Å². The summed E-state index contributed by atoms with van der Waals surface area (Å²) >= 11 is 0. The smallest absolute Gasteiger partial charge is 0.237 e. The predicted octanol–water partition coefficient (Wildman–Crippen LogP) is 1.49. The van der Waals surface area contributed by atoms with Crippen LogP contribution in [0.1, 0.15) is 25.8 Å². The van der Waals surface area contributed by atoms with Crippen LogP contribution in [0.2, 0.25) is 0 Å². The Balaban J connectivity index is 2.41. The molecule has 0 aliphatic rings. The second-order valence-electron chi connectivity index (χ2n) is 5.44. The molecule has 0 aromatic heterocycles. The van der Waals surface area contributed by atoms with Gasteiger partial charge in [-0.25, -0.2) is 0 Å². The van der Waals surface area contributed by atoms with Crippen LogP contribution in [0.15, 0.2) is 30.3 Å². The Hall–Kier alpha value is -1.39. The number of nitrogens with one attached hydrogen (secondary N) is 1. The second kappa shape index (κ2) is 7.26. The lowest BCUT2D eigenvalue weighted by atomic mass is 10.0. The van der Waals surface area contributed by atoms with Crippen LogP contribution in [0, 0.1) is 0 Å². The molecule has 0 aliphatic heterocycles. The second-order valence-corrected chi connectivity index (χ2v) is 5.44. The molecule has 0 bridgehead atoms. The molecule has 106 valence electrons. The van der Waals surface area contributed by atoms with Gasteiger partial charge in [-0.2, -0.15) is 0 Å². The van der Waals surface area contributed by atoms with E-state index in [1.165, 1.54) is 5.56 Å². The zero-order chi connectivity index (χ0) is 14.3. The number of nitrogens with two attached hydrogens (primary N) is 1. The third-order valence-corrected chi connectivity index (χ3v) is 2.89. The zero-order valence-corrected chi connectivity index (χ0v) is 12.0. The lowest BCUT2D eigenvalue weighted by molar-refractivity contribution is -0.124. The van der Waals surface area contributed by atoms with Gasteiger partial charge in [0.1, 0.15) is 0 Å². The fourth-order valence-electron chi connectivity index (χ4n) is 1.92. The van der Waals surface area contributed by atoms with E-state index in [1.54, 1.807) is 7.11 Å². The molecular weight excluding hydrogens is 240 g/mol. The van der Waals surface area contributed by atoms with Crippen molar-refractivity contribution in [3.05, 3.63) is 35.9 Å². The molecule has 0 heterocycles. The van der Waals surface area contributed by atoms with E-state index in [-0.39, 0.29) is 5.91 Å². The lowest BCUT2D eigenvalue weighted by Gasteiger charge is -2.27. The van der Waals surface area contributed by atoms with Gasteiger partial charge < -0.3 is 15.8 Å². The maximum Gasteiger partial charge on any atom is 0.237 e. The molecule has 4 nitrogen and oxygen atoms in total. The van der Waals surface area contributed by atoms with E-state index in [4.69, 9.17) is 10.5 Å². The van der Waals surface area contributed by atoms with Crippen molar-refractivity contribution < 1.29 is 9.53 Å². The normalized spacial score (nSPS) is 13.1. The van der Waals surface area contributed by atoms with E-state index in [9.17, 15) is 4.79 Å². The van der Waals surface area contributed by atoms with E-state index in [2.05, 4.69) is 5.32 Å². The minimum absolute atomic E-state index is 0.127. The Morgan fingerprint density at radius 1 is 1.37 bits per heavy atom. The summed E-state index contributed by atoms with van der Waals surface area (Å²) in [4.78, 5) is 12.0. The van der Waals surface area contributed by atoms with Gasteiger partial charge in [0.25, 0.3) is 0 Å². The van der Waals surface area contributed by atoms with Crippen molar-refractivity contribution in [2.24, 2.45) is 5.73 Å². The summed E-state index contributed by atoms with van der Waals surface area (Å²) in [6, 6.07) is 9.55. The maximum atomic E-state index is 12.0. The van der Waals surface area contributed by atoms with Crippen LogP contribution in [-0.4, -0.2) is 31.2 Å². The summed E-state index contributed by atoms with van der Waals surface area (Å²) in [6.07, 6.45) is 1.44. The molecule has 1 aromatic rings. The minimum atomic E-state index is -0.490. The molecule has 1 aromatic carbocycles. The predicted molar refractivity (Wildman–Crippen MR) is 76.8 cm³/mol. The summed E-state index contributed by atoms with van der Waals surface area (Å²) < 4.78 is 5.06. The molecule has 1 atom stereocenters. The number of methoxy groups -OCH3 is 1. The van der Waals surface area contributed by atoms with Gasteiger partial charge in [-0.15, -0.1) is 0 Å². The number of hydrogen-bond acceptors (Lipinski definition) is 3. The average Bonchev–Trinajstić information content (AvgIpc) is 2.36. The first kappa shape index (κ1) is 15.7. The Morgan fingerprint density at radius 2 is 2.00 bits per heavy atom. The van der Waals surface area contributed by atoms with Crippen LogP contribution < -0.4 is 11.1 Å². The molecule has 19 heavy (non-hydrogen) atoms. The molecule has 4 heteroatoms. The van der Waals surface area contributed by atoms with Crippen LogP contribution in [0.5, 0.6) is 0 Å². The quantitative estimate of drug-likeness (QED) is 0.784. The SMILES string of the molecule is COCC(C)(C)NC(=O)C(N)CCc1ccccc1. The summed E-state index contributed by atoms with van der Waals surface area (Å²) in [5, 5.41) is 2.90. The average molecular weight is 264 g/mol. The summed E-state index contributed by atoms with van der Waals surface area (Å²) in [7, 11) is 1.61. The number of hydrogen-bond donors (Lipinski definition) is 2. The topological polar surface area (TPSA) is 64.3 Å². The molecule has 0 saturated heterocycles. The van der Waals surface area contributed by atoms with Crippen molar-refractivity contribution in [3.63, 3.8) is 0 Å². The minimum Gasteiger partial charge on any atom is -0.382 e. The number of ether oxygens (including phenoxy) is 1. The van der Waals surface area contributed by atoms with E-state index >= 15 is 0 Å². The first-order valence-corrected chi connectivity index (χ1v) is 6.55. The molecule has 0 radical (unpaired) electrons. The molecule has 1 unspecified atom stereocenters. The highest BCUT2D eigenvalue weighted by molar-refractivity contribution is 5.82. The fourth-order valence-corrected chi connectivity index (χ4v) is 1.92. The summed E-state index contributed by atoms with van der Waals surface area (Å²) in [6.45, 7) is 4.29. The van der Waals surface area contributed by atoms with Gasteiger partial charge in [-0.05, 0) is 32.3 Å². The third kappa shape index (κ3) is 5.85. The molecule has 0 saturated carbocycles. The lowest BCUT2D eigenvalue weighted by Crippen LogP contribution is -2.52. The van der Waals surface area contributed by atoms with Gasteiger partial charge in [0.05, 0.1) is 18.2 Å². The Kier molecular flexibility index (Phi) is 5.99. The van der Waals surface area contributed by atoms with E-state index in [1.807, 2.05) is 44.2 Å². The molecular formula is C15H24N2O2. The summed E-state index contributed by atoms with van der Waals surface area (Å²) in [5.74, 6) is -0.127. The number of aryl methyl sites for hydroxylation is 1. The van der Waals surface area contributed by atoms with Crippen LogP contribution in [0.3, 0.4) is 0 Å². The van der Waals surface area contributed by atoms with Crippen molar-refractivity contribution in [1.82, 2.24) is 5.32 Å². The van der Waals surface area contributed by atoms with Gasteiger partial charge in [0.2, 0.25) is 5.91 Å². The first-order valence-electron chi connectivity index (χ1n) is 6.55. The van der Waals surface area contributed by atoms with E-state index in [0.29, 0.717) is 13.0 Å². The van der Waals surface area contributed by atoms with Gasteiger partial charge >= 0.3 is 0 Å². The molecule has 0 spiro atoms. The highest BCUT2D eigenvalue weighted by atomic mass is 16.5. The van der Waals surface area contributed by atoms with Gasteiger partial charge in [-0.3, -0.25) is 4.79 Å². The van der Waals surface area contributed by atoms with Gasteiger partial charge in [0.15, 0.2) is 0 Å². The summed E-state index contributed by atoms with van der Waals surface area (Å²) in [5.41, 5.74) is 6.72. The van der Waals surface area contributed by atoms with E-state index < -0.39 is 11.6 Å². The Labute approximate surface area is 115 Å². The van der Waals surface area contributed by atoms with Crippen molar-refractivity contribution in [3.8, 4) is 0 Å². The number of rotatable bonds is 7. The Morgan fingerprint density at radius 3 is 2.58 bits per heavy atom. The van der Waals surface area contributed by atoms with E-state index in [0.717, 1.165) is 6.42 Å². The molecule has 1 rings (SSSR count). The van der Waals surface area contributed by atoms with Crippen molar-refractivity contribution in [1.29, 1.82) is 0 Å². The maximum absolute atomic E-state index is 12.0. The largest absolute Gasteiger partial charge is 0.382 e. The fraction of sp³-hybridized carbons (Fsp3) is 0.533. The molecule has 0 aliphatic carbocycles. The van der Waals surface area contributed by atoms with Crippen molar-refractivity contribution >= 4 is 5.91 Å². The molecule has 0 fully saturated rings. The van der Waals surface area contributed by atoms with Gasteiger partial charge in [-0.1, -0.05) is 30.3 Å². The van der Waals surface area contributed by atoms with Gasteiger partial charge in [0, 0.05) is 7.11 Å². The van der Waals surface area contributed by atoms with Crippen LogP contribution in [0.25, 0.3) is 0 Å². The third-order valence-electron chi connectivity index (χ3n) is 2.89. The molecule has 1 amide bonds. The van der Waals surface area contributed by atoms with Crippen molar-refractivity contribution in [2.45, 2.75) is 38.3 Å². The Bertz CT molecular complexity index is 390. The highest BCUT2D eigenvalue weighted by Gasteiger charge is 2.23. The monoisotopic (exact) mass is 264 g/mol. The molecule has 3 N–H and O–H groups in total. The number of carbonyl (C=O) groups excluding carboxylic acids is 1. The standard InChI is InChI=1S/C15H24N2O2/c1-15(2,11-19-3)17-14(18)13(16)10-9-12-7-5-4-6-8-12/h4-8,13H,9-11,16H2,1-3H3,(H,17,18). The number of benzene rings is 1. The number of amides is 1. The van der Waals surface area contributed by atoms with Crippen LogP contribution in [0.4, 0.5) is 0 Å². The highest BCUT2D eigenvalue weighted by Crippen LogP contribution is 2.06. The van der Waals surface area contributed by atoms with Crippen LogP contribution in [-0.2, 0) is 16.0 Å². The zero-order valence-electron chi connectivity index (χ0n) is 12.0. The first-order chi connectivity index (χ1) is 8.94. The van der Waals surface area contributed by atoms with Crippen LogP contribution >= 0.6 is 0 Å². The number of carbonyl (C=O) groups is 1.